The minimum atomic E-state index is -0.503. The minimum Gasteiger partial charge on any atom is -0.389 e. The standard InChI is InChI=1S/C13H10ClFN2S/c14-9-5-3-7-11(12(9)15)17-10-6-2-1-4-8(10)13(16)18/h1-7,17H,(H2,16,18). The molecule has 0 aliphatic heterocycles. The molecule has 2 aromatic rings. The summed E-state index contributed by atoms with van der Waals surface area (Å²) in [4.78, 5) is 0.250. The minimum absolute atomic E-state index is 0.0628. The van der Waals surface area contributed by atoms with Crippen LogP contribution in [0.5, 0.6) is 0 Å². The van der Waals surface area contributed by atoms with Crippen LogP contribution in [0.1, 0.15) is 5.56 Å². The fourth-order valence-corrected chi connectivity index (χ4v) is 1.90. The summed E-state index contributed by atoms with van der Waals surface area (Å²) in [6.45, 7) is 0. The predicted octanol–water partition coefficient (Wildman–Crippen LogP) is 3.86. The van der Waals surface area contributed by atoms with Crippen LogP contribution in [0.4, 0.5) is 15.8 Å². The van der Waals surface area contributed by atoms with Crippen LogP contribution in [0.2, 0.25) is 5.02 Å². The maximum Gasteiger partial charge on any atom is 0.165 e. The van der Waals surface area contributed by atoms with Gasteiger partial charge in [-0.3, -0.25) is 0 Å². The van der Waals surface area contributed by atoms with E-state index in [-0.39, 0.29) is 15.7 Å². The Morgan fingerprint density at radius 2 is 1.78 bits per heavy atom. The maximum absolute atomic E-state index is 13.8. The molecule has 0 saturated carbocycles. The zero-order valence-corrected chi connectivity index (χ0v) is 10.9. The van der Waals surface area contributed by atoms with Gasteiger partial charge in [0.1, 0.15) is 4.99 Å². The lowest BCUT2D eigenvalue weighted by Crippen LogP contribution is -2.12. The molecule has 0 unspecified atom stereocenters. The summed E-state index contributed by atoms with van der Waals surface area (Å²) in [6.07, 6.45) is 0. The van der Waals surface area contributed by atoms with Gasteiger partial charge in [-0.1, -0.05) is 42.0 Å². The third-order valence-electron chi connectivity index (χ3n) is 2.41. The Morgan fingerprint density at radius 3 is 2.50 bits per heavy atom. The number of hydrogen-bond acceptors (Lipinski definition) is 2. The van der Waals surface area contributed by atoms with Gasteiger partial charge in [-0.25, -0.2) is 4.39 Å². The molecule has 0 spiro atoms. The molecule has 2 nitrogen and oxygen atoms in total. The van der Waals surface area contributed by atoms with E-state index in [0.29, 0.717) is 11.3 Å². The molecule has 0 radical (unpaired) electrons. The summed E-state index contributed by atoms with van der Waals surface area (Å²) in [5, 5.41) is 3.00. The Bertz CT molecular complexity index is 601. The Kier molecular flexibility index (Phi) is 3.79. The predicted molar refractivity (Wildman–Crippen MR) is 77.0 cm³/mol. The number of nitrogens with one attached hydrogen (secondary N) is 1. The number of rotatable bonds is 3. The van der Waals surface area contributed by atoms with Crippen molar-refractivity contribution < 1.29 is 4.39 Å². The van der Waals surface area contributed by atoms with Crippen molar-refractivity contribution in [3.05, 3.63) is 58.9 Å². The Hall–Kier alpha value is -1.65. The second-order valence-electron chi connectivity index (χ2n) is 3.64. The average Bonchev–Trinajstić information content (AvgIpc) is 2.35. The molecule has 0 saturated heterocycles. The Balaban J connectivity index is 2.40. The van der Waals surface area contributed by atoms with Crippen LogP contribution >= 0.6 is 23.8 Å². The van der Waals surface area contributed by atoms with Gasteiger partial charge in [0.2, 0.25) is 0 Å². The van der Waals surface area contributed by atoms with Crippen molar-refractivity contribution in [3.8, 4) is 0 Å². The SMILES string of the molecule is NC(=S)c1ccccc1Nc1cccc(Cl)c1F. The fraction of sp³-hybridized carbons (Fsp3) is 0. The highest BCUT2D eigenvalue weighted by Gasteiger charge is 2.09. The number of nitrogens with two attached hydrogens (primary N) is 1. The summed E-state index contributed by atoms with van der Waals surface area (Å²) in [5.41, 5.74) is 7.20. The molecule has 0 aromatic heterocycles. The van der Waals surface area contributed by atoms with Gasteiger partial charge >= 0.3 is 0 Å². The van der Waals surface area contributed by atoms with Gasteiger partial charge < -0.3 is 11.1 Å². The van der Waals surface area contributed by atoms with Gasteiger partial charge in [0.05, 0.1) is 10.7 Å². The van der Waals surface area contributed by atoms with Crippen molar-refractivity contribution in [2.45, 2.75) is 0 Å². The fourth-order valence-electron chi connectivity index (χ4n) is 1.55. The van der Waals surface area contributed by atoms with Crippen LogP contribution in [0, 0.1) is 5.82 Å². The lowest BCUT2D eigenvalue weighted by molar-refractivity contribution is 0.632. The first kappa shape index (κ1) is 12.8. The summed E-state index contributed by atoms with van der Waals surface area (Å²) in [6, 6.07) is 11.9. The monoisotopic (exact) mass is 280 g/mol. The molecule has 3 N–H and O–H groups in total. The molecule has 5 heteroatoms. The quantitative estimate of drug-likeness (QED) is 0.839. The molecule has 2 rings (SSSR count). The number of thiocarbonyl (C=S) groups is 1. The molecule has 92 valence electrons. The van der Waals surface area contributed by atoms with Gasteiger partial charge in [0.25, 0.3) is 0 Å². The van der Waals surface area contributed by atoms with E-state index in [1.54, 1.807) is 24.3 Å². The van der Waals surface area contributed by atoms with Crippen LogP contribution in [0.15, 0.2) is 42.5 Å². The molecule has 0 aliphatic rings. The Morgan fingerprint density at radius 1 is 1.11 bits per heavy atom. The van der Waals surface area contributed by atoms with E-state index < -0.39 is 5.82 Å². The van der Waals surface area contributed by atoms with Crippen molar-refractivity contribution in [1.82, 2.24) is 0 Å². The van der Waals surface area contributed by atoms with Gasteiger partial charge in [-0.05, 0) is 24.3 Å². The topological polar surface area (TPSA) is 38.0 Å². The third-order valence-corrected chi connectivity index (χ3v) is 2.93. The largest absolute Gasteiger partial charge is 0.389 e. The highest BCUT2D eigenvalue weighted by Crippen LogP contribution is 2.26. The lowest BCUT2D eigenvalue weighted by atomic mass is 10.1. The number of para-hydroxylation sites is 1. The zero-order valence-electron chi connectivity index (χ0n) is 9.28. The average molecular weight is 281 g/mol. The lowest BCUT2D eigenvalue weighted by Gasteiger charge is -2.12. The number of hydrogen-bond donors (Lipinski definition) is 2. The van der Waals surface area contributed by atoms with E-state index >= 15 is 0 Å². The number of benzene rings is 2. The normalized spacial score (nSPS) is 10.1. The van der Waals surface area contributed by atoms with Crippen LogP contribution in [0.25, 0.3) is 0 Å². The molecule has 0 atom stereocenters. The van der Waals surface area contributed by atoms with Gasteiger partial charge in [-0.2, -0.15) is 0 Å². The smallest absolute Gasteiger partial charge is 0.165 e. The molecule has 0 bridgehead atoms. The van der Waals surface area contributed by atoms with Gasteiger partial charge in [0.15, 0.2) is 5.82 Å². The second-order valence-corrected chi connectivity index (χ2v) is 4.48. The number of anilines is 2. The second kappa shape index (κ2) is 5.33. The summed E-state index contributed by atoms with van der Waals surface area (Å²) < 4.78 is 13.8. The van der Waals surface area contributed by atoms with Gasteiger partial charge in [-0.15, -0.1) is 0 Å². The van der Waals surface area contributed by atoms with Crippen LogP contribution in [0.3, 0.4) is 0 Å². The molecule has 0 fully saturated rings. The van der Waals surface area contributed by atoms with E-state index in [4.69, 9.17) is 29.6 Å². The highest BCUT2D eigenvalue weighted by molar-refractivity contribution is 7.80. The van der Waals surface area contributed by atoms with Crippen molar-refractivity contribution in [1.29, 1.82) is 0 Å². The molecule has 0 heterocycles. The first-order valence-corrected chi connectivity index (χ1v) is 5.98. The van der Waals surface area contributed by atoms with Crippen LogP contribution < -0.4 is 11.1 Å². The molecular formula is C13H10ClFN2S. The van der Waals surface area contributed by atoms with Crippen LogP contribution in [-0.4, -0.2) is 4.99 Å². The van der Waals surface area contributed by atoms with Crippen molar-refractivity contribution in [2.24, 2.45) is 5.73 Å². The van der Waals surface area contributed by atoms with E-state index in [0.717, 1.165) is 0 Å². The van der Waals surface area contributed by atoms with E-state index in [1.807, 2.05) is 12.1 Å². The Labute approximate surface area is 115 Å². The molecule has 2 aromatic carbocycles. The molecule has 18 heavy (non-hydrogen) atoms. The zero-order chi connectivity index (χ0) is 13.1. The van der Waals surface area contributed by atoms with E-state index in [2.05, 4.69) is 5.32 Å². The summed E-state index contributed by atoms with van der Waals surface area (Å²) >= 11 is 10.7. The van der Waals surface area contributed by atoms with Gasteiger partial charge in [0, 0.05) is 11.3 Å². The highest BCUT2D eigenvalue weighted by atomic mass is 35.5. The third kappa shape index (κ3) is 2.60. The van der Waals surface area contributed by atoms with Crippen LogP contribution in [-0.2, 0) is 0 Å². The van der Waals surface area contributed by atoms with Crippen molar-refractivity contribution >= 4 is 40.2 Å². The van der Waals surface area contributed by atoms with Crippen molar-refractivity contribution in [2.75, 3.05) is 5.32 Å². The maximum atomic E-state index is 13.8. The summed E-state index contributed by atoms with van der Waals surface area (Å²) in [5.74, 6) is -0.503. The summed E-state index contributed by atoms with van der Waals surface area (Å²) in [7, 11) is 0. The first-order chi connectivity index (χ1) is 8.59. The first-order valence-electron chi connectivity index (χ1n) is 5.19. The van der Waals surface area contributed by atoms with Crippen molar-refractivity contribution in [3.63, 3.8) is 0 Å². The van der Waals surface area contributed by atoms with E-state index in [9.17, 15) is 4.39 Å². The molecule has 0 amide bonds. The molecular weight excluding hydrogens is 271 g/mol. The molecule has 0 aliphatic carbocycles. The number of halogens is 2. The van der Waals surface area contributed by atoms with E-state index in [1.165, 1.54) is 6.07 Å².